The fourth-order valence-corrected chi connectivity index (χ4v) is 2.97. The van der Waals surface area contributed by atoms with E-state index in [2.05, 4.69) is 25.6 Å². The molecule has 10 heteroatoms. The van der Waals surface area contributed by atoms with Gasteiger partial charge in [0.15, 0.2) is 16.6 Å². The second-order valence-corrected chi connectivity index (χ2v) is 6.31. The Bertz CT molecular complexity index is 901. The topological polar surface area (TPSA) is 106 Å². The standard InChI is InChI=1S/C15H15N7O2S/c1-9-12(14(24)21(2)3)25-15(17-9)18-13(23)10-5-6-11(20-19-10)22-8-4-7-16-22/h4-8H,1-3H3,(H,17,18,23). The van der Waals surface area contributed by atoms with Crippen molar-refractivity contribution < 1.29 is 9.59 Å². The Kier molecular flexibility index (Phi) is 4.52. The van der Waals surface area contributed by atoms with Gasteiger partial charge in [-0.05, 0) is 25.1 Å². The van der Waals surface area contributed by atoms with Crippen molar-refractivity contribution in [2.45, 2.75) is 6.92 Å². The molecule has 0 aliphatic carbocycles. The third-order valence-corrected chi connectivity index (χ3v) is 4.30. The summed E-state index contributed by atoms with van der Waals surface area (Å²) in [5, 5.41) is 14.9. The van der Waals surface area contributed by atoms with Crippen LogP contribution >= 0.6 is 11.3 Å². The van der Waals surface area contributed by atoms with E-state index in [1.165, 1.54) is 9.58 Å². The van der Waals surface area contributed by atoms with E-state index in [0.29, 0.717) is 21.5 Å². The van der Waals surface area contributed by atoms with Crippen LogP contribution in [0.4, 0.5) is 5.13 Å². The van der Waals surface area contributed by atoms with Crippen molar-refractivity contribution in [2.24, 2.45) is 0 Å². The molecule has 0 bridgehead atoms. The summed E-state index contributed by atoms with van der Waals surface area (Å²) in [6, 6.07) is 4.95. The number of amides is 2. The molecular formula is C15H15N7O2S. The van der Waals surface area contributed by atoms with Crippen LogP contribution in [0.15, 0.2) is 30.6 Å². The van der Waals surface area contributed by atoms with Gasteiger partial charge in [-0.15, -0.1) is 10.2 Å². The third-order valence-electron chi connectivity index (χ3n) is 3.24. The van der Waals surface area contributed by atoms with E-state index < -0.39 is 5.91 Å². The van der Waals surface area contributed by atoms with E-state index >= 15 is 0 Å². The Morgan fingerprint density at radius 3 is 2.64 bits per heavy atom. The van der Waals surface area contributed by atoms with Gasteiger partial charge >= 0.3 is 0 Å². The van der Waals surface area contributed by atoms with Gasteiger partial charge in [0.05, 0.1) is 5.69 Å². The average molecular weight is 357 g/mol. The minimum atomic E-state index is -0.447. The molecule has 2 amide bonds. The zero-order chi connectivity index (χ0) is 18.0. The van der Waals surface area contributed by atoms with Gasteiger partial charge in [0.1, 0.15) is 4.88 Å². The van der Waals surface area contributed by atoms with Gasteiger partial charge in [-0.3, -0.25) is 14.9 Å². The second-order valence-electron chi connectivity index (χ2n) is 5.31. The van der Waals surface area contributed by atoms with E-state index in [1.807, 2.05) is 0 Å². The van der Waals surface area contributed by atoms with Crippen LogP contribution in [0.2, 0.25) is 0 Å². The number of hydrogen-bond acceptors (Lipinski definition) is 7. The molecule has 25 heavy (non-hydrogen) atoms. The van der Waals surface area contributed by atoms with Gasteiger partial charge in [-0.1, -0.05) is 11.3 Å². The van der Waals surface area contributed by atoms with Crippen LogP contribution in [0.25, 0.3) is 5.82 Å². The molecule has 0 fully saturated rings. The molecule has 0 aliphatic rings. The van der Waals surface area contributed by atoms with Gasteiger partial charge in [0.25, 0.3) is 11.8 Å². The van der Waals surface area contributed by atoms with Crippen molar-refractivity contribution in [2.75, 3.05) is 19.4 Å². The molecule has 3 heterocycles. The summed E-state index contributed by atoms with van der Waals surface area (Å²) in [7, 11) is 3.33. The summed E-state index contributed by atoms with van der Waals surface area (Å²) < 4.78 is 1.54. The summed E-state index contributed by atoms with van der Waals surface area (Å²) in [6.07, 6.45) is 3.35. The number of thiazole rings is 1. The Balaban J connectivity index is 1.74. The molecule has 0 saturated heterocycles. The molecule has 128 valence electrons. The zero-order valence-corrected chi connectivity index (χ0v) is 14.6. The fourth-order valence-electron chi connectivity index (χ4n) is 1.99. The van der Waals surface area contributed by atoms with E-state index in [0.717, 1.165) is 11.3 Å². The third kappa shape index (κ3) is 3.53. The number of aryl methyl sites for hydroxylation is 1. The van der Waals surface area contributed by atoms with Crippen molar-refractivity contribution >= 4 is 28.3 Å². The lowest BCUT2D eigenvalue weighted by Crippen LogP contribution is -2.21. The number of carbonyl (C=O) groups is 2. The predicted molar refractivity (Wildman–Crippen MR) is 92.0 cm³/mol. The van der Waals surface area contributed by atoms with E-state index in [9.17, 15) is 9.59 Å². The molecule has 0 unspecified atom stereocenters. The molecule has 0 saturated carbocycles. The summed E-state index contributed by atoms with van der Waals surface area (Å²) in [5.74, 6) is -0.0958. The first-order valence-electron chi connectivity index (χ1n) is 7.30. The van der Waals surface area contributed by atoms with Crippen molar-refractivity contribution in [1.82, 2.24) is 29.9 Å². The van der Waals surface area contributed by atoms with Crippen LogP contribution in [0.1, 0.15) is 25.9 Å². The Morgan fingerprint density at radius 1 is 1.24 bits per heavy atom. The number of nitrogens with one attached hydrogen (secondary N) is 1. The van der Waals surface area contributed by atoms with Crippen LogP contribution in [-0.2, 0) is 0 Å². The van der Waals surface area contributed by atoms with Gasteiger partial charge < -0.3 is 4.90 Å². The molecule has 0 radical (unpaired) electrons. The summed E-state index contributed by atoms with van der Waals surface area (Å²) in [5.41, 5.74) is 0.711. The van der Waals surface area contributed by atoms with Crippen molar-refractivity contribution in [3.8, 4) is 5.82 Å². The minimum Gasteiger partial charge on any atom is -0.344 e. The van der Waals surface area contributed by atoms with Crippen LogP contribution < -0.4 is 5.32 Å². The number of carbonyl (C=O) groups excluding carboxylic acids is 2. The number of nitrogens with zero attached hydrogens (tertiary/aromatic N) is 6. The maximum atomic E-state index is 12.3. The van der Waals surface area contributed by atoms with Gasteiger partial charge in [-0.25, -0.2) is 9.67 Å². The maximum Gasteiger partial charge on any atom is 0.277 e. The molecule has 3 aromatic rings. The van der Waals surface area contributed by atoms with Crippen molar-refractivity contribution in [3.63, 3.8) is 0 Å². The number of hydrogen-bond donors (Lipinski definition) is 1. The molecule has 0 aromatic carbocycles. The number of anilines is 1. The first kappa shape index (κ1) is 16.7. The molecule has 0 aliphatic heterocycles. The van der Waals surface area contributed by atoms with Gasteiger partial charge in [0, 0.05) is 26.5 Å². The van der Waals surface area contributed by atoms with Crippen molar-refractivity contribution in [1.29, 1.82) is 0 Å². The van der Waals surface area contributed by atoms with E-state index in [1.54, 1.807) is 51.6 Å². The lowest BCUT2D eigenvalue weighted by atomic mass is 10.3. The molecule has 3 aromatic heterocycles. The van der Waals surface area contributed by atoms with Gasteiger partial charge in [-0.2, -0.15) is 5.10 Å². The largest absolute Gasteiger partial charge is 0.344 e. The lowest BCUT2D eigenvalue weighted by molar-refractivity contribution is 0.0831. The molecular weight excluding hydrogens is 342 g/mol. The first-order chi connectivity index (χ1) is 12.0. The SMILES string of the molecule is Cc1nc(NC(=O)c2ccc(-n3cccn3)nn2)sc1C(=O)N(C)C. The maximum absolute atomic E-state index is 12.3. The highest BCUT2D eigenvalue weighted by Gasteiger charge is 2.19. The van der Waals surface area contributed by atoms with Crippen molar-refractivity contribution in [3.05, 3.63) is 46.9 Å². The molecule has 0 spiro atoms. The average Bonchev–Trinajstić information content (AvgIpc) is 3.24. The molecule has 0 atom stereocenters. The van der Waals surface area contributed by atoms with Crippen LogP contribution in [0.5, 0.6) is 0 Å². The first-order valence-corrected chi connectivity index (χ1v) is 8.11. The number of rotatable bonds is 4. The Hall–Kier alpha value is -3.14. The summed E-state index contributed by atoms with van der Waals surface area (Å²) >= 11 is 1.12. The minimum absolute atomic E-state index is 0.143. The van der Waals surface area contributed by atoms with Crippen LogP contribution in [0.3, 0.4) is 0 Å². The monoisotopic (exact) mass is 357 g/mol. The fraction of sp³-hybridized carbons (Fsp3) is 0.200. The Morgan fingerprint density at radius 2 is 2.04 bits per heavy atom. The van der Waals surface area contributed by atoms with Crippen LogP contribution in [-0.4, -0.2) is 55.8 Å². The summed E-state index contributed by atoms with van der Waals surface area (Å²) in [4.78, 5) is 30.5. The molecule has 9 nitrogen and oxygen atoms in total. The molecule has 3 rings (SSSR count). The zero-order valence-electron chi connectivity index (χ0n) is 13.8. The quantitative estimate of drug-likeness (QED) is 0.756. The molecule has 1 N–H and O–H groups in total. The Labute approximate surface area is 147 Å². The highest BCUT2D eigenvalue weighted by Crippen LogP contribution is 2.23. The number of aromatic nitrogens is 5. The highest BCUT2D eigenvalue weighted by molar-refractivity contribution is 7.17. The summed E-state index contributed by atoms with van der Waals surface area (Å²) in [6.45, 7) is 1.72. The van der Waals surface area contributed by atoms with E-state index in [-0.39, 0.29) is 11.6 Å². The smallest absolute Gasteiger partial charge is 0.277 e. The lowest BCUT2D eigenvalue weighted by Gasteiger charge is -2.07. The van der Waals surface area contributed by atoms with Gasteiger partial charge in [0.2, 0.25) is 0 Å². The normalized spacial score (nSPS) is 10.5. The van der Waals surface area contributed by atoms with Crippen LogP contribution in [0, 0.1) is 6.92 Å². The second kappa shape index (κ2) is 6.77. The predicted octanol–water partition coefficient (Wildman–Crippen LogP) is 1.38. The highest BCUT2D eigenvalue weighted by atomic mass is 32.1. The van der Waals surface area contributed by atoms with E-state index in [4.69, 9.17) is 0 Å².